The Morgan fingerprint density at radius 2 is 1.79 bits per heavy atom. The minimum Gasteiger partial charge on any atom is -0.348 e. The second-order valence-corrected chi connectivity index (χ2v) is 7.47. The summed E-state index contributed by atoms with van der Waals surface area (Å²) in [6.07, 6.45) is 4.30. The Bertz CT molecular complexity index is 898. The van der Waals surface area contributed by atoms with Crippen molar-refractivity contribution in [3.8, 4) is 0 Å². The Labute approximate surface area is 170 Å². The van der Waals surface area contributed by atoms with Crippen molar-refractivity contribution in [1.82, 2.24) is 15.2 Å². The van der Waals surface area contributed by atoms with Crippen LogP contribution < -0.4 is 5.32 Å². The van der Waals surface area contributed by atoms with Gasteiger partial charge in [-0.2, -0.15) is 0 Å². The van der Waals surface area contributed by atoms with Crippen LogP contribution in [-0.4, -0.2) is 53.8 Å². The molecule has 4 rings (SSSR count). The third kappa shape index (κ3) is 4.31. The highest BCUT2D eigenvalue weighted by atomic mass is 16.7. The van der Waals surface area contributed by atoms with Crippen LogP contribution in [0, 0.1) is 6.92 Å². The van der Waals surface area contributed by atoms with E-state index < -0.39 is 5.79 Å². The Morgan fingerprint density at radius 3 is 2.52 bits per heavy atom. The predicted octanol–water partition coefficient (Wildman–Crippen LogP) is 2.30. The molecule has 3 heterocycles. The number of amides is 2. The van der Waals surface area contributed by atoms with E-state index in [9.17, 15) is 9.59 Å². The SMILES string of the molecule is Cc1ccccc1CNC(=O)c1cncc(C(=O)N2CCC3(CC2)OCCO3)c1. The molecule has 2 saturated heterocycles. The van der Waals surface area contributed by atoms with E-state index in [1.54, 1.807) is 11.0 Å². The maximum absolute atomic E-state index is 12.9. The highest BCUT2D eigenvalue weighted by Crippen LogP contribution is 2.31. The van der Waals surface area contributed by atoms with E-state index in [-0.39, 0.29) is 11.8 Å². The number of carbonyl (C=O) groups excluding carboxylic acids is 2. The van der Waals surface area contributed by atoms with Crippen LogP contribution in [0.4, 0.5) is 0 Å². The molecule has 2 aliphatic rings. The summed E-state index contributed by atoms with van der Waals surface area (Å²) in [7, 11) is 0. The van der Waals surface area contributed by atoms with E-state index >= 15 is 0 Å². The predicted molar refractivity (Wildman–Crippen MR) is 106 cm³/mol. The Hall–Kier alpha value is -2.77. The fraction of sp³-hybridized carbons (Fsp3) is 0.409. The van der Waals surface area contributed by atoms with Crippen LogP contribution in [0.3, 0.4) is 0 Å². The first-order valence-corrected chi connectivity index (χ1v) is 9.91. The zero-order valence-corrected chi connectivity index (χ0v) is 16.5. The summed E-state index contributed by atoms with van der Waals surface area (Å²) in [4.78, 5) is 31.3. The number of ether oxygens (including phenoxy) is 2. The number of hydrogen-bond acceptors (Lipinski definition) is 5. The Morgan fingerprint density at radius 1 is 1.10 bits per heavy atom. The number of hydrogen-bond donors (Lipinski definition) is 1. The molecule has 0 saturated carbocycles. The monoisotopic (exact) mass is 395 g/mol. The van der Waals surface area contributed by atoms with Gasteiger partial charge >= 0.3 is 0 Å². The lowest BCUT2D eigenvalue weighted by molar-refractivity contribution is -0.181. The number of nitrogens with zero attached hydrogens (tertiary/aromatic N) is 2. The fourth-order valence-electron chi connectivity index (χ4n) is 3.79. The van der Waals surface area contributed by atoms with Crippen molar-refractivity contribution >= 4 is 11.8 Å². The van der Waals surface area contributed by atoms with Crippen LogP contribution in [-0.2, 0) is 16.0 Å². The first kappa shape index (κ1) is 19.5. The molecule has 0 unspecified atom stereocenters. The van der Waals surface area contributed by atoms with Gasteiger partial charge in [-0.25, -0.2) is 0 Å². The molecule has 152 valence electrons. The quantitative estimate of drug-likeness (QED) is 0.859. The summed E-state index contributed by atoms with van der Waals surface area (Å²) < 4.78 is 11.4. The lowest BCUT2D eigenvalue weighted by Gasteiger charge is -2.37. The number of aryl methyl sites for hydroxylation is 1. The highest BCUT2D eigenvalue weighted by molar-refractivity contribution is 5.99. The van der Waals surface area contributed by atoms with Gasteiger partial charge in [0.1, 0.15) is 0 Å². The minimum atomic E-state index is -0.521. The number of pyridine rings is 1. The zero-order chi connectivity index (χ0) is 20.3. The van der Waals surface area contributed by atoms with E-state index in [2.05, 4.69) is 10.3 Å². The Kier molecular flexibility index (Phi) is 5.60. The molecule has 0 aliphatic carbocycles. The highest BCUT2D eigenvalue weighted by Gasteiger charge is 2.40. The summed E-state index contributed by atoms with van der Waals surface area (Å²) in [5, 5.41) is 2.90. The number of carbonyl (C=O) groups is 2. The average Bonchev–Trinajstić information content (AvgIpc) is 3.21. The van der Waals surface area contributed by atoms with E-state index in [1.807, 2.05) is 31.2 Å². The lowest BCUT2D eigenvalue weighted by atomic mass is 10.0. The van der Waals surface area contributed by atoms with Crippen molar-refractivity contribution in [2.45, 2.75) is 32.1 Å². The van der Waals surface area contributed by atoms with Crippen LogP contribution in [0.15, 0.2) is 42.7 Å². The van der Waals surface area contributed by atoms with Crippen molar-refractivity contribution in [2.75, 3.05) is 26.3 Å². The molecule has 0 radical (unpaired) electrons. The molecule has 7 heteroatoms. The molecule has 1 aromatic heterocycles. The molecular weight excluding hydrogens is 370 g/mol. The van der Waals surface area contributed by atoms with Gasteiger partial charge < -0.3 is 19.7 Å². The van der Waals surface area contributed by atoms with Crippen molar-refractivity contribution in [1.29, 1.82) is 0 Å². The van der Waals surface area contributed by atoms with Crippen LogP contribution >= 0.6 is 0 Å². The first-order valence-electron chi connectivity index (χ1n) is 9.91. The number of piperidine rings is 1. The number of aromatic nitrogens is 1. The van der Waals surface area contributed by atoms with Gasteiger partial charge in [0.05, 0.1) is 24.3 Å². The number of nitrogens with one attached hydrogen (secondary N) is 1. The van der Waals surface area contributed by atoms with E-state index in [0.29, 0.717) is 56.8 Å². The molecule has 29 heavy (non-hydrogen) atoms. The normalized spacial score (nSPS) is 18.0. The van der Waals surface area contributed by atoms with Crippen LogP contribution in [0.5, 0.6) is 0 Å². The zero-order valence-electron chi connectivity index (χ0n) is 16.5. The molecular formula is C22H25N3O4. The molecule has 2 amide bonds. The average molecular weight is 395 g/mol. The molecule has 0 atom stereocenters. The molecule has 1 aromatic carbocycles. The van der Waals surface area contributed by atoms with Gasteiger partial charge in [0.25, 0.3) is 11.8 Å². The number of likely N-dealkylation sites (tertiary alicyclic amines) is 1. The largest absolute Gasteiger partial charge is 0.348 e. The van der Waals surface area contributed by atoms with Crippen molar-refractivity contribution in [3.63, 3.8) is 0 Å². The van der Waals surface area contributed by atoms with Gasteiger partial charge in [-0.05, 0) is 24.1 Å². The van der Waals surface area contributed by atoms with Crippen molar-refractivity contribution in [2.24, 2.45) is 0 Å². The molecule has 1 spiro atoms. The Balaban J connectivity index is 1.38. The van der Waals surface area contributed by atoms with Gasteiger partial charge in [0.2, 0.25) is 0 Å². The summed E-state index contributed by atoms with van der Waals surface area (Å²) in [6, 6.07) is 9.50. The second-order valence-electron chi connectivity index (χ2n) is 7.47. The summed E-state index contributed by atoms with van der Waals surface area (Å²) in [5.74, 6) is -0.897. The van der Waals surface area contributed by atoms with Crippen LogP contribution in [0.1, 0.15) is 44.7 Å². The third-order valence-electron chi connectivity index (χ3n) is 5.57. The third-order valence-corrected chi connectivity index (χ3v) is 5.57. The molecule has 2 aliphatic heterocycles. The maximum atomic E-state index is 12.9. The van der Waals surface area contributed by atoms with Gasteiger partial charge in [-0.1, -0.05) is 24.3 Å². The smallest absolute Gasteiger partial charge is 0.255 e. The van der Waals surface area contributed by atoms with Crippen molar-refractivity contribution < 1.29 is 19.1 Å². The number of rotatable bonds is 4. The maximum Gasteiger partial charge on any atom is 0.255 e. The topological polar surface area (TPSA) is 80.8 Å². The van der Waals surface area contributed by atoms with E-state index in [1.165, 1.54) is 12.4 Å². The van der Waals surface area contributed by atoms with Gasteiger partial charge in [-0.3, -0.25) is 14.6 Å². The molecule has 2 aromatic rings. The summed E-state index contributed by atoms with van der Waals surface area (Å²) in [6.45, 7) is 4.77. The van der Waals surface area contributed by atoms with E-state index in [0.717, 1.165) is 11.1 Å². The fourth-order valence-corrected chi connectivity index (χ4v) is 3.79. The standard InChI is InChI=1S/C22H25N3O4/c1-16-4-2-3-5-17(16)15-24-20(26)18-12-19(14-23-13-18)21(27)25-8-6-22(7-9-25)28-10-11-29-22/h2-5,12-14H,6-11,15H2,1H3,(H,24,26). The van der Waals surface area contributed by atoms with Gasteiger partial charge in [0, 0.05) is 44.9 Å². The number of benzene rings is 1. The molecule has 1 N–H and O–H groups in total. The van der Waals surface area contributed by atoms with Crippen LogP contribution in [0.2, 0.25) is 0 Å². The van der Waals surface area contributed by atoms with Crippen LogP contribution in [0.25, 0.3) is 0 Å². The molecule has 2 fully saturated rings. The van der Waals surface area contributed by atoms with E-state index in [4.69, 9.17) is 9.47 Å². The van der Waals surface area contributed by atoms with Gasteiger partial charge in [0.15, 0.2) is 5.79 Å². The summed E-state index contributed by atoms with van der Waals surface area (Å²) in [5.41, 5.74) is 2.96. The van der Waals surface area contributed by atoms with Crippen molar-refractivity contribution in [3.05, 3.63) is 65.0 Å². The minimum absolute atomic E-state index is 0.126. The molecule has 0 bridgehead atoms. The first-order chi connectivity index (χ1) is 14.1. The van der Waals surface area contributed by atoms with Gasteiger partial charge in [-0.15, -0.1) is 0 Å². The lowest BCUT2D eigenvalue weighted by Crippen LogP contribution is -2.47. The molecule has 7 nitrogen and oxygen atoms in total. The summed E-state index contributed by atoms with van der Waals surface area (Å²) >= 11 is 0. The second kappa shape index (κ2) is 8.31.